The first-order valence-corrected chi connectivity index (χ1v) is 15.9. The monoisotopic (exact) mass is 657 g/mol. The maximum atomic E-state index is 15.8. The maximum absolute atomic E-state index is 15.8. The second-order valence-corrected chi connectivity index (χ2v) is 13.2. The lowest BCUT2D eigenvalue weighted by Gasteiger charge is -2.31. The summed E-state index contributed by atoms with van der Waals surface area (Å²) in [5.41, 5.74) is 2.53. The number of likely N-dealkylation sites (tertiary alicyclic amines) is 1. The number of aryl methyl sites for hydroxylation is 4. The Hall–Kier alpha value is -3.99. The number of nitrogens with one attached hydrogen (secondary N) is 1. The van der Waals surface area contributed by atoms with Crippen LogP contribution in [0.3, 0.4) is 0 Å². The normalized spacial score (nSPS) is 15.0. The van der Waals surface area contributed by atoms with Crippen molar-refractivity contribution >= 4 is 11.9 Å². The molecular formula is C36H43F4N3O4. The first-order chi connectivity index (χ1) is 22.0. The van der Waals surface area contributed by atoms with Crippen LogP contribution in [0.5, 0.6) is 0 Å². The Labute approximate surface area is 272 Å². The van der Waals surface area contributed by atoms with Gasteiger partial charge in [0.15, 0.2) is 0 Å². The molecule has 2 atom stereocenters. The van der Waals surface area contributed by atoms with Crippen LogP contribution >= 0.6 is 0 Å². The molecule has 1 aromatic heterocycles. The van der Waals surface area contributed by atoms with Crippen LogP contribution in [-0.4, -0.2) is 46.1 Å². The van der Waals surface area contributed by atoms with E-state index in [4.69, 9.17) is 0 Å². The molecule has 2 aromatic carbocycles. The highest BCUT2D eigenvalue weighted by Gasteiger charge is 2.36. The topological polar surface area (TPSA) is 91.6 Å². The number of aliphatic carboxylic acids is 1. The fourth-order valence-corrected chi connectivity index (χ4v) is 6.49. The largest absolute Gasteiger partial charge is 0.481 e. The quantitative estimate of drug-likeness (QED) is 0.203. The number of carbonyl (C=O) groups is 2. The van der Waals surface area contributed by atoms with E-state index in [-0.39, 0.29) is 35.4 Å². The summed E-state index contributed by atoms with van der Waals surface area (Å²) in [6.45, 7) is 12.9. The van der Waals surface area contributed by atoms with Crippen LogP contribution in [0, 0.1) is 39.4 Å². The summed E-state index contributed by atoms with van der Waals surface area (Å²) >= 11 is 0. The van der Waals surface area contributed by atoms with Crippen LogP contribution in [0.2, 0.25) is 0 Å². The van der Waals surface area contributed by atoms with Crippen molar-refractivity contribution in [3.8, 4) is 11.1 Å². The second kappa shape index (κ2) is 14.4. The van der Waals surface area contributed by atoms with Crippen molar-refractivity contribution in [2.45, 2.75) is 85.5 Å². The smallest absolute Gasteiger partial charge is 0.416 e. The Bertz CT molecular complexity index is 1690. The highest BCUT2D eigenvalue weighted by Crippen LogP contribution is 2.35. The molecule has 11 heteroatoms. The van der Waals surface area contributed by atoms with E-state index in [1.165, 1.54) is 6.07 Å². The van der Waals surface area contributed by atoms with Gasteiger partial charge in [-0.3, -0.25) is 14.4 Å². The molecule has 47 heavy (non-hydrogen) atoms. The number of carboxylic acid groups (broad SMARTS) is 1. The van der Waals surface area contributed by atoms with E-state index in [0.29, 0.717) is 18.2 Å². The van der Waals surface area contributed by atoms with Crippen LogP contribution in [0.15, 0.2) is 41.3 Å². The van der Waals surface area contributed by atoms with E-state index in [1.807, 2.05) is 37.8 Å². The molecule has 0 spiro atoms. The van der Waals surface area contributed by atoms with E-state index < -0.39 is 53.5 Å². The van der Waals surface area contributed by atoms with Gasteiger partial charge in [0.1, 0.15) is 11.9 Å². The van der Waals surface area contributed by atoms with Crippen LogP contribution in [0.4, 0.5) is 17.6 Å². The number of hydrogen-bond donors (Lipinski definition) is 2. The molecule has 1 aliphatic heterocycles. The van der Waals surface area contributed by atoms with Gasteiger partial charge < -0.3 is 19.9 Å². The summed E-state index contributed by atoms with van der Waals surface area (Å²) in [4.78, 5) is 41.2. The molecule has 254 valence electrons. The Balaban J connectivity index is 1.77. The van der Waals surface area contributed by atoms with Crippen molar-refractivity contribution in [3.05, 3.63) is 91.6 Å². The third kappa shape index (κ3) is 8.49. The lowest BCUT2D eigenvalue weighted by Crippen LogP contribution is -2.41. The molecule has 4 rings (SSSR count). The molecule has 1 aliphatic rings. The molecule has 0 bridgehead atoms. The SMILES string of the molecule is Cc1cc(C)c(-c2cc(C)c(F)c(C(CC(=O)O)NC(=O)C(CC(C)C)n3cc(CCN4CCC4)c(C(F)(F)F)cc3=O)c2)c(C)c1. The summed E-state index contributed by atoms with van der Waals surface area (Å²) in [6, 6.07) is 5.14. The first kappa shape index (κ1) is 35.9. The molecule has 3 aromatic rings. The van der Waals surface area contributed by atoms with Gasteiger partial charge in [0.2, 0.25) is 5.91 Å². The lowest BCUT2D eigenvalue weighted by molar-refractivity contribution is -0.139. The van der Waals surface area contributed by atoms with E-state index >= 15 is 4.39 Å². The summed E-state index contributed by atoms with van der Waals surface area (Å²) < 4.78 is 58.8. The number of benzene rings is 2. The predicted molar refractivity (Wildman–Crippen MR) is 173 cm³/mol. The Morgan fingerprint density at radius 2 is 1.62 bits per heavy atom. The second-order valence-electron chi connectivity index (χ2n) is 13.2. The van der Waals surface area contributed by atoms with E-state index in [1.54, 1.807) is 26.8 Å². The lowest BCUT2D eigenvalue weighted by atomic mass is 9.89. The van der Waals surface area contributed by atoms with Crippen molar-refractivity contribution in [2.24, 2.45) is 5.92 Å². The number of nitrogens with zero attached hydrogens (tertiary/aromatic N) is 2. The van der Waals surface area contributed by atoms with Gasteiger partial charge in [-0.2, -0.15) is 13.2 Å². The predicted octanol–water partition coefficient (Wildman–Crippen LogP) is 7.07. The number of hydrogen-bond acceptors (Lipinski definition) is 4. The van der Waals surface area contributed by atoms with E-state index in [9.17, 15) is 32.7 Å². The molecule has 2 N–H and O–H groups in total. The van der Waals surface area contributed by atoms with Crippen molar-refractivity contribution in [2.75, 3.05) is 19.6 Å². The zero-order chi connectivity index (χ0) is 34.8. The number of alkyl halides is 3. The zero-order valence-corrected chi connectivity index (χ0v) is 27.7. The third-order valence-corrected chi connectivity index (χ3v) is 8.77. The zero-order valence-electron chi connectivity index (χ0n) is 27.7. The van der Waals surface area contributed by atoms with Crippen LogP contribution in [0.1, 0.15) is 84.1 Å². The Kier molecular flexibility index (Phi) is 11.0. The van der Waals surface area contributed by atoms with E-state index in [0.717, 1.165) is 52.5 Å². The van der Waals surface area contributed by atoms with Gasteiger partial charge in [-0.1, -0.05) is 31.5 Å². The molecule has 0 aliphatic carbocycles. The fraction of sp³-hybridized carbons (Fsp3) is 0.472. The first-order valence-electron chi connectivity index (χ1n) is 15.9. The summed E-state index contributed by atoms with van der Waals surface area (Å²) in [7, 11) is 0. The molecule has 2 unspecified atom stereocenters. The molecule has 7 nitrogen and oxygen atoms in total. The minimum absolute atomic E-state index is 0.0297. The minimum atomic E-state index is -4.76. The van der Waals surface area contributed by atoms with Crippen molar-refractivity contribution in [1.29, 1.82) is 0 Å². The molecular weight excluding hydrogens is 614 g/mol. The molecule has 2 heterocycles. The van der Waals surface area contributed by atoms with E-state index in [2.05, 4.69) is 5.32 Å². The fourth-order valence-electron chi connectivity index (χ4n) is 6.49. The number of carboxylic acids is 1. The van der Waals surface area contributed by atoms with Crippen molar-refractivity contribution in [3.63, 3.8) is 0 Å². The summed E-state index contributed by atoms with van der Waals surface area (Å²) in [6.07, 6.45) is -3.24. The third-order valence-electron chi connectivity index (χ3n) is 8.77. The van der Waals surface area contributed by atoms with Gasteiger partial charge in [-0.05, 0) is 111 Å². The van der Waals surface area contributed by atoms with Crippen LogP contribution < -0.4 is 10.9 Å². The van der Waals surface area contributed by atoms with Gasteiger partial charge in [0, 0.05) is 24.4 Å². The van der Waals surface area contributed by atoms with Gasteiger partial charge in [-0.25, -0.2) is 4.39 Å². The van der Waals surface area contributed by atoms with Gasteiger partial charge in [0.05, 0.1) is 18.0 Å². The number of rotatable bonds is 12. The summed E-state index contributed by atoms with van der Waals surface area (Å²) in [5, 5.41) is 12.5. The summed E-state index contributed by atoms with van der Waals surface area (Å²) in [5.74, 6) is -2.92. The molecule has 0 saturated carbocycles. The molecule has 1 fully saturated rings. The van der Waals surface area contributed by atoms with Crippen molar-refractivity contribution in [1.82, 2.24) is 14.8 Å². The number of carbonyl (C=O) groups excluding carboxylic acids is 1. The van der Waals surface area contributed by atoms with Gasteiger partial charge >= 0.3 is 12.1 Å². The number of halogens is 4. The molecule has 1 saturated heterocycles. The minimum Gasteiger partial charge on any atom is -0.481 e. The standard InChI is InChI=1S/C36H43F4N3O4/c1-20(2)12-30(43-19-25(8-11-42-9-7-10-42)28(17-31(43)44)36(38,39)40)35(47)41-29(18-32(45)46)27-16-26(15-24(6)34(27)37)33-22(4)13-21(3)14-23(33)5/h13-17,19-20,29-30H,7-12,18H2,1-6H3,(H,41,47)(H,45,46). The maximum Gasteiger partial charge on any atom is 0.416 e. The molecule has 1 amide bonds. The molecule has 0 radical (unpaired) electrons. The van der Waals surface area contributed by atoms with Crippen LogP contribution in [-0.2, 0) is 22.2 Å². The Morgan fingerprint density at radius 3 is 2.15 bits per heavy atom. The number of pyridine rings is 1. The van der Waals surface area contributed by atoms with Crippen molar-refractivity contribution < 1.29 is 32.3 Å². The Morgan fingerprint density at radius 1 is 0.979 bits per heavy atom. The average Bonchev–Trinajstić information content (AvgIpc) is 2.91. The van der Waals surface area contributed by atoms with Gasteiger partial charge in [0.25, 0.3) is 5.56 Å². The highest BCUT2D eigenvalue weighted by molar-refractivity contribution is 5.82. The average molecular weight is 658 g/mol. The van der Waals surface area contributed by atoms with Crippen LogP contribution in [0.25, 0.3) is 11.1 Å². The number of amides is 1. The number of aromatic nitrogens is 1. The highest BCUT2D eigenvalue weighted by atomic mass is 19.4. The van der Waals surface area contributed by atoms with Gasteiger partial charge in [-0.15, -0.1) is 0 Å².